The van der Waals surface area contributed by atoms with Gasteiger partial charge in [-0.3, -0.25) is 0 Å². The monoisotopic (exact) mass is 707 g/mol. The molecule has 4 rings (SSSR count). The molecule has 0 amide bonds. The van der Waals surface area contributed by atoms with Gasteiger partial charge in [0, 0.05) is 44.8 Å². The maximum absolute atomic E-state index is 4.25. The van der Waals surface area contributed by atoms with Crippen molar-refractivity contribution in [3.63, 3.8) is 0 Å². The first-order valence-corrected chi connectivity index (χ1v) is 25.0. The molecule has 0 aliphatic carbocycles. The second-order valence-electron chi connectivity index (χ2n) is 13.4. The normalized spacial score (nSPS) is 10.6. The summed E-state index contributed by atoms with van der Waals surface area (Å²) in [4.78, 5) is 23.1. The summed E-state index contributed by atoms with van der Waals surface area (Å²) in [5.74, 6) is 3.03. The van der Waals surface area contributed by atoms with Crippen LogP contribution < -0.4 is 14.9 Å². The zero-order chi connectivity index (χ0) is 31.8. The van der Waals surface area contributed by atoms with Gasteiger partial charge in [0.15, 0.2) is 0 Å². The van der Waals surface area contributed by atoms with E-state index in [1.54, 1.807) is 0 Å². The summed E-state index contributed by atoms with van der Waals surface area (Å²) < 4.78 is 0. The third-order valence-corrected chi connectivity index (χ3v) is 7.88. The van der Waals surface area contributed by atoms with E-state index in [-0.39, 0.29) is 26.2 Å². The van der Waals surface area contributed by atoms with Gasteiger partial charge in [-0.2, -0.15) is 36.4 Å². The molecule has 3 heterocycles. The first-order valence-electron chi connectivity index (χ1n) is 14.5. The zero-order valence-electron chi connectivity index (χ0n) is 28.4. The fraction of sp³-hybridized carbons (Fsp3) is 0.364. The van der Waals surface area contributed by atoms with Gasteiger partial charge in [0.2, 0.25) is 0 Å². The van der Waals surface area contributed by atoms with E-state index in [4.69, 9.17) is 0 Å². The summed E-state index contributed by atoms with van der Waals surface area (Å²) in [5, 5.41) is 0. The van der Waals surface area contributed by atoms with Crippen LogP contribution in [0.25, 0.3) is 0 Å². The predicted molar refractivity (Wildman–Crippen MR) is 193 cm³/mol. The average molecular weight is 709 g/mol. The summed E-state index contributed by atoms with van der Waals surface area (Å²) in [5.41, 5.74) is 3.77. The number of aryl methyl sites for hydroxylation is 3. The Morgan fingerprint density at radius 2 is 0.767 bits per heavy atom. The molecule has 0 saturated carbocycles. The fourth-order valence-corrected chi connectivity index (χ4v) is 6.02. The number of nitrogens with one attached hydrogen (secondary N) is 3. The van der Waals surface area contributed by atoms with Gasteiger partial charge in [0.05, 0.1) is 0 Å². The Balaban J connectivity index is 0.000000556. The van der Waals surface area contributed by atoms with Crippen LogP contribution in [0.4, 0.5) is 17.5 Å². The molecule has 0 aliphatic heterocycles. The van der Waals surface area contributed by atoms with Gasteiger partial charge in [-0.1, -0.05) is 58.9 Å². The summed E-state index contributed by atoms with van der Waals surface area (Å²) >= 11 is 0. The summed E-state index contributed by atoms with van der Waals surface area (Å²) in [7, 11) is -3.70. The van der Waals surface area contributed by atoms with Crippen LogP contribution in [0.15, 0.2) is 85.3 Å². The second kappa shape index (κ2) is 19.8. The molecule has 43 heavy (non-hydrogen) atoms. The van der Waals surface area contributed by atoms with Crippen molar-refractivity contribution in [2.24, 2.45) is 0 Å². The molecule has 0 unspecified atom stereocenters. The third kappa shape index (κ3) is 23.7. The van der Waals surface area contributed by atoms with Crippen molar-refractivity contribution in [3.8, 4) is 0 Å². The minimum absolute atomic E-state index is 0. The van der Waals surface area contributed by atoms with E-state index in [0.29, 0.717) is 0 Å². The molecule has 0 bridgehead atoms. The molecule has 0 aliphatic rings. The maximum atomic E-state index is 4.25. The number of rotatable bonds is 6. The van der Waals surface area contributed by atoms with Crippen molar-refractivity contribution in [2.45, 2.75) is 79.7 Å². The van der Waals surface area contributed by atoms with Crippen LogP contribution in [0.5, 0.6) is 0 Å². The van der Waals surface area contributed by atoms with Crippen LogP contribution >= 0.6 is 0 Å². The van der Waals surface area contributed by atoms with E-state index < -0.39 is 24.7 Å². The summed E-state index contributed by atoms with van der Waals surface area (Å²) in [6.45, 7) is 26.6. The van der Waals surface area contributed by atoms with Crippen molar-refractivity contribution in [3.05, 3.63) is 108 Å². The van der Waals surface area contributed by atoms with Crippen molar-refractivity contribution >= 4 is 42.2 Å². The Hall–Kier alpha value is -2.40. The molecule has 3 aromatic heterocycles. The van der Waals surface area contributed by atoms with Crippen molar-refractivity contribution in [1.82, 2.24) is 15.0 Å². The fourth-order valence-electron chi connectivity index (χ4n) is 3.31. The Kier molecular flexibility index (Phi) is 18.7. The SMILES string of the molecule is Cc1ccnc(N[Si](C)(C)C)c1.Cc1ccnc(N[Si](C)(C)C)c1.Cc1ccnc(N[Si](C)(C)C)c1.[Zr].[c-]1ccccc1. The van der Waals surface area contributed by atoms with Gasteiger partial charge in [-0.15, -0.1) is 0 Å². The van der Waals surface area contributed by atoms with E-state index >= 15 is 0 Å². The number of nitrogens with zero attached hydrogens (tertiary/aromatic N) is 3. The molecule has 1 aromatic carbocycles. The molecule has 10 heteroatoms. The average Bonchev–Trinajstić information content (AvgIpc) is 2.83. The number of benzene rings is 1. The Morgan fingerprint density at radius 3 is 0.930 bits per heavy atom. The molecular formula is C33H53N6Si3Zr-. The van der Waals surface area contributed by atoms with Crippen LogP contribution in [-0.4, -0.2) is 39.7 Å². The van der Waals surface area contributed by atoms with E-state index in [1.165, 1.54) is 16.7 Å². The van der Waals surface area contributed by atoms with Crippen molar-refractivity contribution in [2.75, 3.05) is 14.9 Å². The standard InChI is InChI=1S/3C9H16N2Si.C6H5.Zr/c3*1-8-5-6-10-9(7-8)11-12(2,3)4;1-2-4-6-5-3-1;/h3*5-7H,1-4H3,(H,10,11);1-5H;/q;;;-1;. The third-order valence-electron chi connectivity index (χ3n) is 4.86. The largest absolute Gasteiger partial charge is 0.396 e. The van der Waals surface area contributed by atoms with Crippen LogP contribution in [0, 0.1) is 26.8 Å². The minimum atomic E-state index is -1.23. The van der Waals surface area contributed by atoms with Gasteiger partial charge in [-0.25, -0.2) is 15.0 Å². The number of anilines is 3. The Bertz CT molecular complexity index is 1140. The van der Waals surface area contributed by atoms with Gasteiger partial charge >= 0.3 is 0 Å². The molecule has 0 spiro atoms. The van der Waals surface area contributed by atoms with Gasteiger partial charge in [0.1, 0.15) is 42.2 Å². The molecule has 4 aromatic rings. The maximum Gasteiger partial charge on any atom is 0.145 e. The van der Waals surface area contributed by atoms with Crippen LogP contribution in [0.1, 0.15) is 16.7 Å². The number of hydrogen-bond donors (Lipinski definition) is 3. The Morgan fingerprint density at radius 1 is 0.488 bits per heavy atom. The number of hydrogen-bond acceptors (Lipinski definition) is 6. The molecular weight excluding hydrogens is 656 g/mol. The minimum Gasteiger partial charge on any atom is -0.396 e. The second-order valence-corrected chi connectivity index (χ2v) is 27.6. The molecule has 0 saturated heterocycles. The van der Waals surface area contributed by atoms with E-state index in [9.17, 15) is 0 Å². The quantitative estimate of drug-likeness (QED) is 0.137. The van der Waals surface area contributed by atoms with Crippen LogP contribution in [0.3, 0.4) is 0 Å². The summed E-state index contributed by atoms with van der Waals surface area (Å²) in [6.07, 6.45) is 5.54. The van der Waals surface area contributed by atoms with Gasteiger partial charge < -0.3 is 14.9 Å². The van der Waals surface area contributed by atoms with Crippen molar-refractivity contribution < 1.29 is 26.2 Å². The number of aromatic nitrogens is 3. The molecule has 0 fully saturated rings. The summed E-state index contributed by atoms with van der Waals surface area (Å²) in [6, 6.07) is 24.8. The topological polar surface area (TPSA) is 74.8 Å². The first kappa shape index (κ1) is 40.6. The smallest absolute Gasteiger partial charge is 0.145 e. The van der Waals surface area contributed by atoms with Crippen LogP contribution in [0.2, 0.25) is 58.9 Å². The molecule has 6 nitrogen and oxygen atoms in total. The zero-order valence-corrected chi connectivity index (χ0v) is 33.9. The van der Waals surface area contributed by atoms with Gasteiger partial charge in [0.25, 0.3) is 0 Å². The first-order chi connectivity index (χ1) is 19.4. The van der Waals surface area contributed by atoms with E-state index in [2.05, 4.69) is 134 Å². The molecule has 232 valence electrons. The van der Waals surface area contributed by atoms with Gasteiger partial charge in [-0.05, 0) is 73.9 Å². The number of pyridine rings is 3. The van der Waals surface area contributed by atoms with E-state index in [0.717, 1.165) is 17.5 Å². The molecule has 0 radical (unpaired) electrons. The van der Waals surface area contributed by atoms with Crippen molar-refractivity contribution in [1.29, 1.82) is 0 Å². The Labute approximate surface area is 284 Å². The molecule has 0 atom stereocenters. The molecule has 3 N–H and O–H groups in total. The predicted octanol–water partition coefficient (Wildman–Crippen LogP) is 9.39. The van der Waals surface area contributed by atoms with Crippen LogP contribution in [-0.2, 0) is 26.2 Å². The van der Waals surface area contributed by atoms with E-state index in [1.807, 2.05) is 67.1 Å².